The van der Waals surface area contributed by atoms with Crippen LogP contribution in [0.1, 0.15) is 25.7 Å². The van der Waals surface area contributed by atoms with Crippen LogP contribution in [-0.4, -0.2) is 47.6 Å². The molecule has 3 heterocycles. The predicted molar refractivity (Wildman–Crippen MR) is 95.7 cm³/mol. The van der Waals surface area contributed by atoms with Crippen LogP contribution in [0.25, 0.3) is 10.9 Å². The van der Waals surface area contributed by atoms with Gasteiger partial charge in [0.2, 0.25) is 10.0 Å². The molecule has 2 aliphatic heterocycles. The van der Waals surface area contributed by atoms with Gasteiger partial charge in [0, 0.05) is 26.7 Å². The van der Waals surface area contributed by atoms with Gasteiger partial charge in [0.1, 0.15) is 0 Å². The van der Waals surface area contributed by atoms with Crippen LogP contribution in [0, 0.1) is 0 Å². The molecule has 2 aliphatic rings. The number of fused-ring (bicyclic) bond motifs is 1. The highest BCUT2D eigenvalue weighted by Gasteiger charge is 2.41. The molecule has 2 fully saturated rings. The van der Waals surface area contributed by atoms with E-state index >= 15 is 0 Å². The first-order chi connectivity index (χ1) is 12.3. The summed E-state index contributed by atoms with van der Waals surface area (Å²) < 4.78 is 34.2. The van der Waals surface area contributed by atoms with Gasteiger partial charge in [0.25, 0.3) is 5.56 Å². The van der Waals surface area contributed by atoms with Crippen LogP contribution in [0.5, 0.6) is 0 Å². The molecule has 0 bridgehead atoms. The zero-order valence-corrected chi connectivity index (χ0v) is 15.3. The van der Waals surface area contributed by atoms with Crippen molar-refractivity contribution in [2.24, 2.45) is 7.05 Å². The Hall–Kier alpha value is -1.97. The quantitative estimate of drug-likeness (QED) is 0.822. The molecule has 4 rings (SSSR count). The molecule has 1 N–H and O–H groups in total. The summed E-state index contributed by atoms with van der Waals surface area (Å²) in [6.07, 6.45) is 3.39. The van der Waals surface area contributed by atoms with Crippen molar-refractivity contribution in [2.75, 3.05) is 19.7 Å². The average molecular weight is 379 g/mol. The van der Waals surface area contributed by atoms with Crippen molar-refractivity contribution in [3.05, 3.63) is 39.0 Å². The maximum absolute atomic E-state index is 13.0. The molecule has 1 spiro atoms. The minimum absolute atomic E-state index is 0.0671. The van der Waals surface area contributed by atoms with E-state index in [0.717, 1.165) is 24.0 Å². The van der Waals surface area contributed by atoms with Gasteiger partial charge in [-0.1, -0.05) is 0 Å². The molecule has 140 valence electrons. The number of sulfonamides is 1. The molecular weight excluding hydrogens is 358 g/mol. The van der Waals surface area contributed by atoms with Gasteiger partial charge < -0.3 is 9.72 Å². The third-order valence-corrected chi connectivity index (χ3v) is 7.42. The van der Waals surface area contributed by atoms with Crippen molar-refractivity contribution in [1.29, 1.82) is 0 Å². The van der Waals surface area contributed by atoms with Crippen LogP contribution in [-0.2, 0) is 21.8 Å². The second kappa shape index (κ2) is 6.04. The lowest BCUT2D eigenvalue weighted by molar-refractivity contribution is -0.0309. The van der Waals surface area contributed by atoms with E-state index < -0.39 is 21.3 Å². The lowest BCUT2D eigenvalue weighted by Crippen LogP contribution is -2.46. The van der Waals surface area contributed by atoms with Crippen molar-refractivity contribution < 1.29 is 13.2 Å². The Morgan fingerprint density at radius 1 is 1.15 bits per heavy atom. The van der Waals surface area contributed by atoms with Crippen molar-refractivity contribution in [3.63, 3.8) is 0 Å². The fourth-order valence-corrected chi connectivity index (χ4v) is 5.34. The number of aromatic nitrogens is 2. The number of nitrogens with one attached hydrogen (secondary N) is 1. The highest BCUT2D eigenvalue weighted by Crippen LogP contribution is 2.37. The number of rotatable bonds is 2. The molecule has 8 nitrogen and oxygen atoms in total. The number of H-pyrrole nitrogens is 1. The number of hydrogen-bond donors (Lipinski definition) is 1. The summed E-state index contributed by atoms with van der Waals surface area (Å²) in [5.41, 5.74) is -0.882. The van der Waals surface area contributed by atoms with Gasteiger partial charge in [-0.2, -0.15) is 4.31 Å². The average Bonchev–Trinajstić information content (AvgIpc) is 3.08. The van der Waals surface area contributed by atoms with E-state index in [9.17, 15) is 18.0 Å². The van der Waals surface area contributed by atoms with Gasteiger partial charge >= 0.3 is 5.69 Å². The summed E-state index contributed by atoms with van der Waals surface area (Å²) in [7, 11) is -2.35. The van der Waals surface area contributed by atoms with E-state index in [0.29, 0.717) is 31.4 Å². The van der Waals surface area contributed by atoms with Crippen LogP contribution in [0.3, 0.4) is 0 Å². The Balaban J connectivity index is 1.68. The third-order valence-electron chi connectivity index (χ3n) is 5.53. The Morgan fingerprint density at radius 3 is 2.54 bits per heavy atom. The molecule has 2 saturated heterocycles. The first-order valence-electron chi connectivity index (χ1n) is 8.70. The van der Waals surface area contributed by atoms with E-state index in [1.54, 1.807) is 0 Å². The summed E-state index contributed by atoms with van der Waals surface area (Å²) in [5.74, 6) is 0. The van der Waals surface area contributed by atoms with E-state index in [-0.39, 0.29) is 15.9 Å². The number of aromatic amines is 1. The van der Waals surface area contributed by atoms with E-state index in [1.807, 2.05) is 0 Å². The topological polar surface area (TPSA) is 101 Å². The smallest absolute Gasteiger partial charge is 0.328 e. The number of piperidine rings is 1. The van der Waals surface area contributed by atoms with E-state index in [2.05, 4.69) is 4.98 Å². The van der Waals surface area contributed by atoms with E-state index in [4.69, 9.17) is 4.74 Å². The Bertz CT molecular complexity index is 1070. The molecular formula is C17H21N3O5S. The van der Waals surface area contributed by atoms with Crippen molar-refractivity contribution >= 4 is 20.9 Å². The molecule has 0 atom stereocenters. The number of hydrogen-bond acceptors (Lipinski definition) is 5. The largest absolute Gasteiger partial charge is 0.375 e. The number of nitrogens with zero attached hydrogens (tertiary/aromatic N) is 2. The Morgan fingerprint density at radius 2 is 1.88 bits per heavy atom. The first-order valence-corrected chi connectivity index (χ1v) is 10.1. The minimum Gasteiger partial charge on any atom is -0.375 e. The summed E-state index contributed by atoms with van der Waals surface area (Å²) in [6, 6.07) is 4.25. The van der Waals surface area contributed by atoms with Crippen molar-refractivity contribution in [2.45, 2.75) is 36.2 Å². The molecule has 0 unspecified atom stereocenters. The summed E-state index contributed by atoms with van der Waals surface area (Å²) in [4.78, 5) is 26.6. The van der Waals surface area contributed by atoms with Gasteiger partial charge in [-0.3, -0.25) is 9.36 Å². The molecule has 0 saturated carbocycles. The number of ether oxygens (including phenoxy) is 1. The minimum atomic E-state index is -3.70. The normalized spacial score (nSPS) is 20.8. The summed E-state index contributed by atoms with van der Waals surface area (Å²) in [6.45, 7) is 1.56. The zero-order chi connectivity index (χ0) is 18.5. The van der Waals surface area contributed by atoms with Crippen molar-refractivity contribution in [1.82, 2.24) is 13.9 Å². The van der Waals surface area contributed by atoms with Crippen molar-refractivity contribution in [3.8, 4) is 0 Å². The van der Waals surface area contributed by atoms with Crippen LogP contribution < -0.4 is 11.2 Å². The zero-order valence-electron chi connectivity index (χ0n) is 14.5. The van der Waals surface area contributed by atoms with Crippen LogP contribution >= 0.6 is 0 Å². The first kappa shape index (κ1) is 17.4. The van der Waals surface area contributed by atoms with Crippen LogP contribution in [0.15, 0.2) is 32.7 Å². The predicted octanol–water partition coefficient (Wildman–Crippen LogP) is 0.560. The molecule has 9 heteroatoms. The van der Waals surface area contributed by atoms with Crippen LogP contribution in [0.2, 0.25) is 0 Å². The Kier molecular flexibility index (Phi) is 4.05. The maximum atomic E-state index is 13.0. The molecule has 2 aromatic rings. The lowest BCUT2D eigenvalue weighted by atomic mass is 9.90. The van der Waals surface area contributed by atoms with Gasteiger partial charge in [-0.05, 0) is 43.9 Å². The standard InChI is InChI=1S/C17H21N3O5S/c1-19-15(21)13-11-12(3-4-14(13)18-16(19)22)26(23,24)20-8-6-17(7-9-20)5-2-10-25-17/h3-4,11H,2,5-10H2,1H3,(H,18,22). The highest BCUT2D eigenvalue weighted by atomic mass is 32.2. The second-order valence-electron chi connectivity index (χ2n) is 7.04. The molecule has 0 radical (unpaired) electrons. The molecule has 1 aromatic heterocycles. The molecule has 0 amide bonds. The molecule has 1 aromatic carbocycles. The monoisotopic (exact) mass is 379 g/mol. The van der Waals surface area contributed by atoms with Crippen LogP contribution in [0.4, 0.5) is 0 Å². The summed E-state index contributed by atoms with van der Waals surface area (Å²) in [5, 5.41) is 0.181. The van der Waals surface area contributed by atoms with Gasteiger partial charge in [-0.25, -0.2) is 13.2 Å². The third kappa shape index (κ3) is 2.70. The van der Waals surface area contributed by atoms with Gasteiger partial charge in [-0.15, -0.1) is 0 Å². The molecule has 26 heavy (non-hydrogen) atoms. The van der Waals surface area contributed by atoms with E-state index in [1.165, 1.54) is 29.6 Å². The van der Waals surface area contributed by atoms with Gasteiger partial charge in [0.05, 0.1) is 21.4 Å². The van der Waals surface area contributed by atoms with Gasteiger partial charge in [0.15, 0.2) is 0 Å². The Labute approximate surface area is 150 Å². The maximum Gasteiger partial charge on any atom is 0.328 e. The second-order valence-corrected chi connectivity index (χ2v) is 8.98. The summed E-state index contributed by atoms with van der Waals surface area (Å²) >= 11 is 0. The SMILES string of the molecule is Cn1c(=O)[nH]c2ccc(S(=O)(=O)N3CCC4(CCCO4)CC3)cc2c1=O. The fourth-order valence-electron chi connectivity index (χ4n) is 3.87. The molecule has 0 aliphatic carbocycles. The lowest BCUT2D eigenvalue weighted by Gasteiger charge is -2.37. The fraction of sp³-hybridized carbons (Fsp3) is 0.529. The highest BCUT2D eigenvalue weighted by molar-refractivity contribution is 7.89. The number of benzene rings is 1.